The molecule has 2 saturated heterocycles. The molecule has 0 saturated carbocycles. The van der Waals surface area contributed by atoms with Crippen molar-refractivity contribution in [3.05, 3.63) is 30.1 Å². The fraction of sp³-hybridized carbons (Fsp3) is 0.562. The minimum atomic E-state index is -0.207. The summed E-state index contributed by atoms with van der Waals surface area (Å²) < 4.78 is 13.0. The number of thioether (sulfide) groups is 1. The van der Waals surface area contributed by atoms with Gasteiger partial charge in [0, 0.05) is 31.9 Å². The first-order valence-electron chi connectivity index (χ1n) is 7.65. The molecule has 1 amide bonds. The fourth-order valence-electron chi connectivity index (χ4n) is 2.98. The molecule has 5 heteroatoms. The largest absolute Gasteiger partial charge is 0.368 e. The Hall–Kier alpha value is -1.23. The van der Waals surface area contributed by atoms with Crippen LogP contribution in [0.3, 0.4) is 0 Å². The number of halogens is 1. The number of anilines is 1. The summed E-state index contributed by atoms with van der Waals surface area (Å²) in [6.45, 7) is 3.20. The van der Waals surface area contributed by atoms with Crippen molar-refractivity contribution in [1.29, 1.82) is 0 Å². The molecule has 3 nitrogen and oxygen atoms in total. The van der Waals surface area contributed by atoms with Gasteiger partial charge in [0.05, 0.1) is 5.25 Å². The van der Waals surface area contributed by atoms with Crippen LogP contribution >= 0.6 is 11.8 Å². The lowest BCUT2D eigenvalue weighted by atomic mass is 10.1. The molecule has 3 rings (SSSR count). The summed E-state index contributed by atoms with van der Waals surface area (Å²) in [5.74, 6) is 1.23. The summed E-state index contributed by atoms with van der Waals surface area (Å²) in [7, 11) is 0. The van der Waals surface area contributed by atoms with E-state index in [1.54, 1.807) is 0 Å². The van der Waals surface area contributed by atoms with Crippen LogP contribution in [-0.4, -0.2) is 48.0 Å². The first-order chi connectivity index (χ1) is 10.2. The molecule has 1 unspecified atom stereocenters. The predicted octanol–water partition coefficient (Wildman–Crippen LogP) is 2.76. The Morgan fingerprint density at radius 2 is 1.81 bits per heavy atom. The number of carbonyl (C=O) groups is 1. The van der Waals surface area contributed by atoms with Crippen LogP contribution in [0, 0.1) is 5.82 Å². The fourth-order valence-corrected chi connectivity index (χ4v) is 4.26. The lowest BCUT2D eigenvalue weighted by Crippen LogP contribution is -2.51. The van der Waals surface area contributed by atoms with E-state index in [2.05, 4.69) is 4.90 Å². The summed E-state index contributed by atoms with van der Waals surface area (Å²) in [6, 6.07) is 6.60. The normalized spacial score (nSPS) is 23.2. The molecule has 1 atom stereocenters. The van der Waals surface area contributed by atoms with Crippen molar-refractivity contribution in [2.24, 2.45) is 0 Å². The van der Waals surface area contributed by atoms with E-state index in [4.69, 9.17) is 0 Å². The van der Waals surface area contributed by atoms with Crippen LogP contribution in [0.4, 0.5) is 10.1 Å². The maximum atomic E-state index is 13.0. The minimum Gasteiger partial charge on any atom is -0.368 e. The molecule has 21 heavy (non-hydrogen) atoms. The van der Waals surface area contributed by atoms with Crippen molar-refractivity contribution >= 4 is 23.4 Å². The molecule has 2 aliphatic heterocycles. The summed E-state index contributed by atoms with van der Waals surface area (Å²) in [4.78, 5) is 16.7. The van der Waals surface area contributed by atoms with E-state index in [9.17, 15) is 9.18 Å². The highest BCUT2D eigenvalue weighted by molar-refractivity contribution is 8.00. The van der Waals surface area contributed by atoms with Crippen molar-refractivity contribution in [2.45, 2.75) is 24.5 Å². The third kappa shape index (κ3) is 3.51. The van der Waals surface area contributed by atoms with Gasteiger partial charge >= 0.3 is 0 Å². The van der Waals surface area contributed by atoms with Gasteiger partial charge in [-0.1, -0.05) is 6.42 Å². The van der Waals surface area contributed by atoms with Crippen molar-refractivity contribution < 1.29 is 9.18 Å². The lowest BCUT2D eigenvalue weighted by molar-refractivity contribution is -0.131. The first-order valence-corrected chi connectivity index (χ1v) is 8.70. The van der Waals surface area contributed by atoms with Crippen LogP contribution in [0.25, 0.3) is 0 Å². The summed E-state index contributed by atoms with van der Waals surface area (Å²) >= 11 is 1.82. The second kappa shape index (κ2) is 6.69. The van der Waals surface area contributed by atoms with Crippen molar-refractivity contribution in [3.63, 3.8) is 0 Å². The molecule has 2 aliphatic rings. The molecule has 1 aromatic carbocycles. The Bertz CT molecular complexity index is 480. The first kappa shape index (κ1) is 14.7. The SMILES string of the molecule is O=C(C1CCCCS1)N1CCN(c2ccc(F)cc2)CC1. The average Bonchev–Trinajstić information content (AvgIpc) is 2.56. The maximum Gasteiger partial charge on any atom is 0.235 e. The Morgan fingerprint density at radius 3 is 2.43 bits per heavy atom. The minimum absolute atomic E-state index is 0.177. The molecule has 0 spiro atoms. The average molecular weight is 308 g/mol. The van der Waals surface area contributed by atoms with E-state index < -0.39 is 0 Å². The van der Waals surface area contributed by atoms with Gasteiger partial charge in [-0.25, -0.2) is 4.39 Å². The predicted molar refractivity (Wildman–Crippen MR) is 85.3 cm³/mol. The number of piperazine rings is 1. The monoisotopic (exact) mass is 308 g/mol. The third-order valence-electron chi connectivity index (χ3n) is 4.24. The third-order valence-corrected chi connectivity index (χ3v) is 5.60. The molecule has 0 bridgehead atoms. The van der Waals surface area contributed by atoms with Crippen LogP contribution < -0.4 is 4.90 Å². The highest BCUT2D eigenvalue weighted by Gasteiger charge is 2.28. The number of hydrogen-bond donors (Lipinski definition) is 0. The molecule has 0 aliphatic carbocycles. The van der Waals surface area contributed by atoms with Crippen LogP contribution in [-0.2, 0) is 4.79 Å². The number of hydrogen-bond acceptors (Lipinski definition) is 3. The summed E-state index contributed by atoms with van der Waals surface area (Å²) in [5.41, 5.74) is 1.04. The van der Waals surface area contributed by atoms with E-state index in [1.165, 1.54) is 25.0 Å². The van der Waals surface area contributed by atoms with Crippen LogP contribution in [0.2, 0.25) is 0 Å². The smallest absolute Gasteiger partial charge is 0.235 e. The van der Waals surface area contributed by atoms with Gasteiger partial charge in [-0.05, 0) is 42.9 Å². The number of benzene rings is 1. The van der Waals surface area contributed by atoms with Crippen LogP contribution in [0.5, 0.6) is 0 Å². The van der Waals surface area contributed by atoms with Crippen LogP contribution in [0.15, 0.2) is 24.3 Å². The quantitative estimate of drug-likeness (QED) is 0.839. The molecular weight excluding hydrogens is 287 g/mol. The molecule has 114 valence electrons. The number of carbonyl (C=O) groups excluding carboxylic acids is 1. The van der Waals surface area contributed by atoms with E-state index in [-0.39, 0.29) is 11.1 Å². The van der Waals surface area contributed by atoms with E-state index >= 15 is 0 Å². The molecular formula is C16H21FN2OS. The van der Waals surface area contributed by atoms with Gasteiger partial charge in [0.2, 0.25) is 5.91 Å². The molecule has 2 fully saturated rings. The lowest BCUT2D eigenvalue weighted by Gasteiger charge is -2.38. The summed E-state index contributed by atoms with van der Waals surface area (Å²) in [5, 5.41) is 0.177. The Morgan fingerprint density at radius 1 is 1.10 bits per heavy atom. The molecule has 0 aromatic heterocycles. The summed E-state index contributed by atoms with van der Waals surface area (Å²) in [6.07, 6.45) is 3.45. The number of amides is 1. The topological polar surface area (TPSA) is 23.6 Å². The molecule has 1 aromatic rings. The Kier molecular flexibility index (Phi) is 4.68. The second-order valence-electron chi connectivity index (χ2n) is 5.64. The number of rotatable bonds is 2. The van der Waals surface area contributed by atoms with E-state index in [0.29, 0.717) is 5.91 Å². The van der Waals surface area contributed by atoms with Gasteiger partial charge in [0.1, 0.15) is 5.82 Å². The standard InChI is InChI=1S/C16H21FN2OS/c17-13-4-6-14(7-5-13)18-8-10-19(11-9-18)16(20)15-3-1-2-12-21-15/h4-7,15H,1-3,8-12H2. The molecule has 0 radical (unpaired) electrons. The van der Waals surface area contributed by atoms with Gasteiger partial charge < -0.3 is 9.80 Å². The number of nitrogens with zero attached hydrogens (tertiary/aromatic N) is 2. The highest BCUT2D eigenvalue weighted by atomic mass is 32.2. The zero-order chi connectivity index (χ0) is 14.7. The maximum absolute atomic E-state index is 13.0. The zero-order valence-electron chi connectivity index (χ0n) is 12.1. The van der Waals surface area contributed by atoms with Crippen molar-refractivity contribution in [1.82, 2.24) is 4.90 Å². The van der Waals surface area contributed by atoms with Crippen molar-refractivity contribution in [2.75, 3.05) is 36.8 Å². The van der Waals surface area contributed by atoms with E-state index in [0.717, 1.165) is 44.0 Å². The highest BCUT2D eigenvalue weighted by Crippen LogP contribution is 2.27. The zero-order valence-corrected chi connectivity index (χ0v) is 12.9. The van der Waals surface area contributed by atoms with Gasteiger partial charge in [-0.2, -0.15) is 0 Å². The van der Waals surface area contributed by atoms with Gasteiger partial charge in [0.15, 0.2) is 0 Å². The second-order valence-corrected chi connectivity index (χ2v) is 6.95. The Balaban J connectivity index is 1.54. The van der Waals surface area contributed by atoms with Gasteiger partial charge in [0.25, 0.3) is 0 Å². The molecule has 0 N–H and O–H groups in total. The van der Waals surface area contributed by atoms with Crippen molar-refractivity contribution in [3.8, 4) is 0 Å². The molecule has 2 heterocycles. The van der Waals surface area contributed by atoms with Gasteiger partial charge in [-0.3, -0.25) is 4.79 Å². The van der Waals surface area contributed by atoms with Gasteiger partial charge in [-0.15, -0.1) is 11.8 Å². The Labute approximate surface area is 129 Å². The van der Waals surface area contributed by atoms with E-state index in [1.807, 2.05) is 28.8 Å². The van der Waals surface area contributed by atoms with Crippen LogP contribution in [0.1, 0.15) is 19.3 Å².